The quantitative estimate of drug-likeness (QED) is 0.831. The van der Waals surface area contributed by atoms with Gasteiger partial charge in [-0.25, -0.2) is 4.68 Å². The molecule has 1 saturated heterocycles. The molecule has 2 amide bonds. The number of fused-ring (bicyclic) bond motifs is 1. The van der Waals surface area contributed by atoms with Crippen LogP contribution in [0.4, 0.5) is 0 Å². The topological polar surface area (TPSA) is 100 Å². The first-order chi connectivity index (χ1) is 12.5. The van der Waals surface area contributed by atoms with Gasteiger partial charge in [-0.15, -0.1) is 5.10 Å². The molecule has 1 fully saturated rings. The number of aliphatic hydroxyl groups excluding tert-OH is 1. The van der Waals surface area contributed by atoms with Crippen LogP contribution in [0, 0.1) is 5.92 Å². The van der Waals surface area contributed by atoms with Gasteiger partial charge in [-0.3, -0.25) is 9.59 Å². The predicted molar refractivity (Wildman–Crippen MR) is 96.1 cm³/mol. The van der Waals surface area contributed by atoms with E-state index in [9.17, 15) is 14.7 Å². The third kappa shape index (κ3) is 4.01. The van der Waals surface area contributed by atoms with Crippen molar-refractivity contribution in [2.24, 2.45) is 5.92 Å². The highest BCUT2D eigenvalue weighted by Crippen LogP contribution is 2.15. The minimum atomic E-state index is -0.650. The number of amides is 2. The van der Waals surface area contributed by atoms with Gasteiger partial charge in [0, 0.05) is 19.0 Å². The van der Waals surface area contributed by atoms with Gasteiger partial charge in [-0.05, 0) is 25.0 Å². The van der Waals surface area contributed by atoms with Gasteiger partial charge in [0.2, 0.25) is 11.8 Å². The fourth-order valence-corrected chi connectivity index (χ4v) is 3.12. The summed E-state index contributed by atoms with van der Waals surface area (Å²) in [6.45, 7) is 4.69. The third-order valence-electron chi connectivity index (χ3n) is 4.78. The van der Waals surface area contributed by atoms with Crippen LogP contribution in [-0.4, -0.2) is 62.0 Å². The van der Waals surface area contributed by atoms with Crippen molar-refractivity contribution in [2.45, 2.75) is 45.4 Å². The highest BCUT2D eigenvalue weighted by Gasteiger charge is 2.28. The molecular formula is C18H25N5O3. The smallest absolute Gasteiger partial charge is 0.244 e. The Kier molecular flexibility index (Phi) is 5.51. The van der Waals surface area contributed by atoms with Gasteiger partial charge in [-0.1, -0.05) is 31.2 Å². The molecule has 140 valence electrons. The summed E-state index contributed by atoms with van der Waals surface area (Å²) in [5, 5.41) is 21.3. The van der Waals surface area contributed by atoms with Gasteiger partial charge >= 0.3 is 0 Å². The normalized spacial score (nSPS) is 21.0. The summed E-state index contributed by atoms with van der Waals surface area (Å²) < 4.78 is 1.59. The summed E-state index contributed by atoms with van der Waals surface area (Å²) in [5.41, 5.74) is 1.57. The van der Waals surface area contributed by atoms with Crippen molar-refractivity contribution in [3.05, 3.63) is 24.3 Å². The van der Waals surface area contributed by atoms with E-state index in [1.807, 2.05) is 38.1 Å². The number of benzene rings is 1. The maximum absolute atomic E-state index is 12.7. The van der Waals surface area contributed by atoms with E-state index in [4.69, 9.17) is 0 Å². The Morgan fingerprint density at radius 3 is 2.77 bits per heavy atom. The first-order valence-corrected chi connectivity index (χ1v) is 9.00. The van der Waals surface area contributed by atoms with Gasteiger partial charge in [0.05, 0.1) is 17.7 Å². The largest absolute Gasteiger partial charge is 0.391 e. The third-order valence-corrected chi connectivity index (χ3v) is 4.78. The molecule has 3 rings (SSSR count). The van der Waals surface area contributed by atoms with Crippen molar-refractivity contribution < 1.29 is 14.7 Å². The molecular weight excluding hydrogens is 334 g/mol. The van der Waals surface area contributed by atoms with E-state index >= 15 is 0 Å². The van der Waals surface area contributed by atoms with Gasteiger partial charge in [0.1, 0.15) is 12.1 Å². The lowest BCUT2D eigenvalue weighted by Gasteiger charge is -2.22. The first-order valence-electron chi connectivity index (χ1n) is 9.00. The molecule has 1 aliphatic heterocycles. The molecule has 0 aliphatic carbocycles. The minimum Gasteiger partial charge on any atom is -0.391 e. The molecule has 0 saturated carbocycles. The number of hydrogen-bond donors (Lipinski definition) is 2. The number of para-hydroxylation sites is 1. The average Bonchev–Trinajstić information content (AvgIpc) is 2.93. The molecule has 26 heavy (non-hydrogen) atoms. The lowest BCUT2D eigenvalue weighted by atomic mass is 10.1. The lowest BCUT2D eigenvalue weighted by molar-refractivity contribution is -0.132. The second-order valence-corrected chi connectivity index (χ2v) is 7.03. The summed E-state index contributed by atoms with van der Waals surface area (Å²) in [7, 11) is 0. The molecule has 0 radical (unpaired) electrons. The van der Waals surface area contributed by atoms with E-state index in [1.165, 1.54) is 0 Å². The number of carbonyl (C=O) groups excluding carboxylic acids is 2. The number of aromatic nitrogens is 3. The van der Waals surface area contributed by atoms with Crippen LogP contribution in [0.3, 0.4) is 0 Å². The van der Waals surface area contributed by atoms with Crippen molar-refractivity contribution in [2.75, 3.05) is 13.1 Å². The molecule has 2 atom stereocenters. The van der Waals surface area contributed by atoms with E-state index in [0.29, 0.717) is 25.9 Å². The molecule has 0 unspecified atom stereocenters. The van der Waals surface area contributed by atoms with Crippen molar-refractivity contribution in [1.29, 1.82) is 0 Å². The highest BCUT2D eigenvalue weighted by atomic mass is 16.3. The summed E-state index contributed by atoms with van der Waals surface area (Å²) in [4.78, 5) is 26.3. The van der Waals surface area contributed by atoms with Crippen molar-refractivity contribution in [3.63, 3.8) is 0 Å². The number of hydrogen-bond acceptors (Lipinski definition) is 5. The van der Waals surface area contributed by atoms with Crippen molar-refractivity contribution in [1.82, 2.24) is 25.2 Å². The Balaban J connectivity index is 1.63. The summed E-state index contributed by atoms with van der Waals surface area (Å²) in [5.74, 6) is -0.282. The van der Waals surface area contributed by atoms with E-state index in [0.717, 1.165) is 11.0 Å². The van der Waals surface area contributed by atoms with Crippen LogP contribution in [0.2, 0.25) is 0 Å². The Bertz CT molecular complexity index is 788. The van der Waals surface area contributed by atoms with E-state index in [-0.39, 0.29) is 30.3 Å². The van der Waals surface area contributed by atoms with Gasteiger partial charge in [0.15, 0.2) is 0 Å². The van der Waals surface area contributed by atoms with Gasteiger partial charge in [-0.2, -0.15) is 0 Å². The molecule has 0 spiro atoms. The lowest BCUT2D eigenvalue weighted by Crippen LogP contribution is -2.44. The van der Waals surface area contributed by atoms with Gasteiger partial charge < -0.3 is 15.3 Å². The Hall–Kier alpha value is -2.48. The highest BCUT2D eigenvalue weighted by molar-refractivity contribution is 5.80. The minimum absolute atomic E-state index is 0.0660. The van der Waals surface area contributed by atoms with Gasteiger partial charge in [0.25, 0.3) is 0 Å². The van der Waals surface area contributed by atoms with Crippen LogP contribution < -0.4 is 5.32 Å². The molecule has 1 aliphatic rings. The maximum Gasteiger partial charge on any atom is 0.244 e. The Morgan fingerprint density at radius 2 is 2.00 bits per heavy atom. The van der Waals surface area contributed by atoms with Crippen molar-refractivity contribution in [3.8, 4) is 0 Å². The molecule has 2 aromatic rings. The Labute approximate surface area is 152 Å². The second kappa shape index (κ2) is 7.82. The standard InChI is InChI=1S/C18H25N5O3/c1-12(2)18(26)19-14-7-9-22(10-8-16(14)24)17(25)11-23-15-6-4-3-5-13(15)20-21-23/h3-6,12,14,16,24H,7-11H2,1-2H3,(H,19,26)/t14-,16-/m0/s1. The van der Waals surface area contributed by atoms with Crippen LogP contribution in [0.25, 0.3) is 11.0 Å². The zero-order chi connectivity index (χ0) is 18.7. The Morgan fingerprint density at radius 1 is 1.27 bits per heavy atom. The molecule has 2 N–H and O–H groups in total. The SMILES string of the molecule is CC(C)C(=O)N[C@H]1CCN(C(=O)Cn2nnc3ccccc32)CC[C@@H]1O. The molecule has 1 aromatic carbocycles. The summed E-state index contributed by atoms with van der Waals surface area (Å²) in [6.07, 6.45) is 0.318. The first kappa shape index (κ1) is 18.3. The summed E-state index contributed by atoms with van der Waals surface area (Å²) >= 11 is 0. The number of carbonyl (C=O) groups is 2. The molecule has 2 heterocycles. The van der Waals surface area contributed by atoms with E-state index < -0.39 is 6.10 Å². The van der Waals surface area contributed by atoms with Crippen LogP contribution >= 0.6 is 0 Å². The van der Waals surface area contributed by atoms with E-state index in [2.05, 4.69) is 15.6 Å². The van der Waals surface area contributed by atoms with Crippen LogP contribution in [0.15, 0.2) is 24.3 Å². The van der Waals surface area contributed by atoms with Crippen molar-refractivity contribution >= 4 is 22.8 Å². The number of likely N-dealkylation sites (tertiary alicyclic amines) is 1. The summed E-state index contributed by atoms with van der Waals surface area (Å²) in [6, 6.07) is 7.18. The molecule has 1 aromatic heterocycles. The zero-order valence-corrected chi connectivity index (χ0v) is 15.1. The number of aliphatic hydroxyl groups is 1. The molecule has 8 heteroatoms. The fraction of sp³-hybridized carbons (Fsp3) is 0.556. The fourth-order valence-electron chi connectivity index (χ4n) is 3.12. The van der Waals surface area contributed by atoms with Crippen LogP contribution in [-0.2, 0) is 16.1 Å². The monoisotopic (exact) mass is 359 g/mol. The number of rotatable bonds is 4. The molecule has 0 bridgehead atoms. The number of nitrogens with zero attached hydrogens (tertiary/aromatic N) is 4. The van der Waals surface area contributed by atoms with Crippen LogP contribution in [0.5, 0.6) is 0 Å². The number of nitrogens with one attached hydrogen (secondary N) is 1. The molecule has 8 nitrogen and oxygen atoms in total. The average molecular weight is 359 g/mol. The van der Waals surface area contributed by atoms with E-state index in [1.54, 1.807) is 9.58 Å². The predicted octanol–water partition coefficient (Wildman–Crippen LogP) is 0.555. The zero-order valence-electron chi connectivity index (χ0n) is 15.1. The van der Waals surface area contributed by atoms with Crippen LogP contribution in [0.1, 0.15) is 26.7 Å². The maximum atomic E-state index is 12.7. The second-order valence-electron chi connectivity index (χ2n) is 7.03.